The molecule has 2 atom stereocenters. The normalized spacial score (nSPS) is 13.2. The number of rotatable bonds is 9. The summed E-state index contributed by atoms with van der Waals surface area (Å²) in [5.41, 5.74) is 2.07. The summed E-state index contributed by atoms with van der Waals surface area (Å²) in [6, 6.07) is 15.1. The molecule has 2 N–H and O–H groups in total. The van der Waals surface area contributed by atoms with Crippen molar-refractivity contribution in [2.24, 2.45) is 0 Å². The van der Waals surface area contributed by atoms with Crippen molar-refractivity contribution in [3.05, 3.63) is 94.7 Å². The third kappa shape index (κ3) is 7.15. The number of aryl methyl sites for hydroxylation is 1. The Morgan fingerprint density at radius 1 is 0.919 bits per heavy atom. The van der Waals surface area contributed by atoms with Crippen molar-refractivity contribution in [2.45, 2.75) is 64.8 Å². The van der Waals surface area contributed by atoms with E-state index in [1.54, 1.807) is 19.1 Å². The molecule has 0 spiro atoms. The maximum absolute atomic E-state index is 14.2. The van der Waals surface area contributed by atoms with Gasteiger partial charge in [-0.1, -0.05) is 50.2 Å². The van der Waals surface area contributed by atoms with E-state index >= 15 is 0 Å². The number of carbonyl (C=O) groups is 3. The summed E-state index contributed by atoms with van der Waals surface area (Å²) >= 11 is 0. The largest absolute Gasteiger partial charge is 0.459 e. The van der Waals surface area contributed by atoms with E-state index in [9.17, 15) is 18.8 Å². The predicted octanol–water partition coefficient (Wildman–Crippen LogP) is 5.63. The Morgan fingerprint density at radius 3 is 2.08 bits per heavy atom. The second kappa shape index (κ2) is 11.5. The van der Waals surface area contributed by atoms with Crippen molar-refractivity contribution in [1.82, 2.24) is 10.6 Å². The van der Waals surface area contributed by atoms with Crippen LogP contribution in [0.25, 0.3) is 0 Å². The first-order valence-electron chi connectivity index (χ1n) is 12.4. The van der Waals surface area contributed by atoms with Gasteiger partial charge in [0.25, 0.3) is 5.91 Å². The molecule has 6 nitrogen and oxygen atoms in total. The second-order valence-corrected chi connectivity index (χ2v) is 10.7. The fraction of sp³-hybridized carbons (Fsp3) is 0.367. The van der Waals surface area contributed by atoms with E-state index < -0.39 is 29.1 Å². The van der Waals surface area contributed by atoms with Crippen LogP contribution in [0.15, 0.2) is 65.3 Å². The Morgan fingerprint density at radius 2 is 1.54 bits per heavy atom. The minimum Gasteiger partial charge on any atom is -0.459 e. The second-order valence-electron chi connectivity index (χ2n) is 10.7. The standard InChI is InChI=1S/C30H35FN2O4/c1-18(2)20-9-11-21(12-10-20)27(29(36)33-30(4,5)6)26(22-13-14-23(31)19(3)16-22)24(34)17-32-28(35)25-8-7-15-37-25/h7-16,18,26-27H,17H2,1-6H3,(H,32,35)(H,33,36)/t26-,27+/m1/s1. The average Bonchev–Trinajstić information content (AvgIpc) is 3.37. The summed E-state index contributed by atoms with van der Waals surface area (Å²) in [5.74, 6) is -3.15. The first-order valence-corrected chi connectivity index (χ1v) is 12.4. The molecule has 7 heteroatoms. The van der Waals surface area contributed by atoms with Gasteiger partial charge in [-0.3, -0.25) is 14.4 Å². The SMILES string of the molecule is Cc1cc([C@H](C(=O)CNC(=O)c2ccco2)[C@@H](C(=O)NC(C)(C)C)c2ccc(C(C)C)cc2)ccc1F. The smallest absolute Gasteiger partial charge is 0.287 e. The molecule has 0 aliphatic heterocycles. The van der Waals surface area contributed by atoms with Gasteiger partial charge in [-0.25, -0.2) is 4.39 Å². The molecule has 0 aliphatic rings. The van der Waals surface area contributed by atoms with Gasteiger partial charge in [0.2, 0.25) is 5.91 Å². The van der Waals surface area contributed by atoms with Crippen LogP contribution in [0.4, 0.5) is 4.39 Å². The third-order valence-corrected chi connectivity index (χ3v) is 6.13. The van der Waals surface area contributed by atoms with Crippen LogP contribution in [0.1, 0.15) is 85.2 Å². The molecule has 1 aromatic heterocycles. The maximum atomic E-state index is 14.2. The number of Topliss-reactive ketones (excluding diaryl/α,β-unsaturated/α-hetero) is 1. The first kappa shape index (κ1) is 27.8. The molecule has 37 heavy (non-hydrogen) atoms. The lowest BCUT2D eigenvalue weighted by Crippen LogP contribution is -2.46. The summed E-state index contributed by atoms with van der Waals surface area (Å²) in [7, 11) is 0. The molecule has 0 fully saturated rings. The number of nitrogens with one attached hydrogen (secondary N) is 2. The molecule has 0 unspecified atom stereocenters. The topological polar surface area (TPSA) is 88.4 Å². The van der Waals surface area contributed by atoms with Gasteiger partial charge in [0.1, 0.15) is 5.82 Å². The number of ketones is 1. The van der Waals surface area contributed by atoms with E-state index in [0.29, 0.717) is 22.6 Å². The Kier molecular flexibility index (Phi) is 8.69. The van der Waals surface area contributed by atoms with Crippen LogP contribution in [0.5, 0.6) is 0 Å². The van der Waals surface area contributed by atoms with Gasteiger partial charge >= 0.3 is 0 Å². The van der Waals surface area contributed by atoms with Gasteiger partial charge in [-0.15, -0.1) is 0 Å². The Labute approximate surface area is 217 Å². The number of amides is 2. The molecule has 196 valence electrons. The van der Waals surface area contributed by atoms with Gasteiger partial charge < -0.3 is 15.1 Å². The van der Waals surface area contributed by atoms with Crippen LogP contribution in [0.2, 0.25) is 0 Å². The van der Waals surface area contributed by atoms with Crippen LogP contribution in [-0.2, 0) is 9.59 Å². The quantitative estimate of drug-likeness (QED) is 0.394. The highest BCUT2D eigenvalue weighted by atomic mass is 19.1. The van der Waals surface area contributed by atoms with Crippen molar-refractivity contribution in [3.63, 3.8) is 0 Å². The number of benzene rings is 2. The fourth-order valence-corrected chi connectivity index (χ4v) is 4.23. The van der Waals surface area contributed by atoms with Crippen LogP contribution in [-0.4, -0.2) is 29.7 Å². The summed E-state index contributed by atoms with van der Waals surface area (Å²) < 4.78 is 19.3. The van der Waals surface area contributed by atoms with Crippen LogP contribution < -0.4 is 10.6 Å². The number of halogens is 1. The lowest BCUT2D eigenvalue weighted by atomic mass is 9.77. The van der Waals surface area contributed by atoms with Crippen molar-refractivity contribution in [3.8, 4) is 0 Å². The van der Waals surface area contributed by atoms with Gasteiger partial charge in [-0.05, 0) is 74.1 Å². The lowest BCUT2D eigenvalue weighted by molar-refractivity contribution is -0.129. The molecule has 3 aromatic rings. The summed E-state index contributed by atoms with van der Waals surface area (Å²) in [4.78, 5) is 39.9. The summed E-state index contributed by atoms with van der Waals surface area (Å²) in [6.45, 7) is 11.0. The molecule has 2 amide bonds. The summed E-state index contributed by atoms with van der Waals surface area (Å²) in [5, 5.41) is 5.60. The number of hydrogen-bond donors (Lipinski definition) is 2. The summed E-state index contributed by atoms with van der Waals surface area (Å²) in [6.07, 6.45) is 1.37. The van der Waals surface area contributed by atoms with Crippen molar-refractivity contribution in [2.75, 3.05) is 6.54 Å². The van der Waals surface area contributed by atoms with E-state index in [2.05, 4.69) is 24.5 Å². The molecule has 0 radical (unpaired) electrons. The third-order valence-electron chi connectivity index (χ3n) is 6.13. The zero-order valence-corrected chi connectivity index (χ0v) is 22.2. The molecule has 0 saturated carbocycles. The van der Waals surface area contributed by atoms with Crippen LogP contribution in [0, 0.1) is 12.7 Å². The van der Waals surface area contributed by atoms with E-state index in [1.165, 1.54) is 24.5 Å². The Balaban J connectivity index is 2.07. The zero-order chi connectivity index (χ0) is 27.3. The van der Waals surface area contributed by atoms with Gasteiger partial charge in [0.15, 0.2) is 11.5 Å². The van der Waals surface area contributed by atoms with E-state index in [1.807, 2.05) is 45.0 Å². The van der Waals surface area contributed by atoms with Crippen molar-refractivity contribution >= 4 is 17.6 Å². The van der Waals surface area contributed by atoms with Crippen LogP contribution in [0.3, 0.4) is 0 Å². The Bertz CT molecular complexity index is 1240. The van der Waals surface area contributed by atoms with E-state index in [0.717, 1.165) is 5.56 Å². The zero-order valence-electron chi connectivity index (χ0n) is 22.2. The van der Waals surface area contributed by atoms with Crippen LogP contribution >= 0.6 is 0 Å². The van der Waals surface area contributed by atoms with Gasteiger partial charge in [0.05, 0.1) is 24.6 Å². The van der Waals surface area contributed by atoms with Crippen molar-refractivity contribution < 1.29 is 23.2 Å². The molecule has 1 heterocycles. The molecule has 2 aromatic carbocycles. The molecule has 3 rings (SSSR count). The highest BCUT2D eigenvalue weighted by molar-refractivity contribution is 6.00. The maximum Gasteiger partial charge on any atom is 0.287 e. The lowest BCUT2D eigenvalue weighted by Gasteiger charge is -2.30. The number of hydrogen-bond acceptors (Lipinski definition) is 4. The van der Waals surface area contributed by atoms with Crippen molar-refractivity contribution in [1.29, 1.82) is 0 Å². The monoisotopic (exact) mass is 506 g/mol. The molecule has 0 saturated heterocycles. The molecular formula is C30H35FN2O4. The first-order chi connectivity index (χ1) is 17.4. The minimum atomic E-state index is -0.969. The molecule has 0 bridgehead atoms. The van der Waals surface area contributed by atoms with Gasteiger partial charge in [-0.2, -0.15) is 0 Å². The highest BCUT2D eigenvalue weighted by Crippen LogP contribution is 2.36. The van der Waals surface area contributed by atoms with E-state index in [4.69, 9.17) is 4.42 Å². The van der Waals surface area contributed by atoms with Gasteiger partial charge in [0, 0.05) is 5.54 Å². The predicted molar refractivity (Wildman–Crippen MR) is 141 cm³/mol. The fourth-order valence-electron chi connectivity index (χ4n) is 4.23. The average molecular weight is 507 g/mol. The molecule has 0 aliphatic carbocycles. The number of carbonyl (C=O) groups excluding carboxylic acids is 3. The number of furan rings is 1. The molecular weight excluding hydrogens is 471 g/mol. The van der Waals surface area contributed by atoms with E-state index in [-0.39, 0.29) is 24.0 Å². The highest BCUT2D eigenvalue weighted by Gasteiger charge is 2.37. The minimum absolute atomic E-state index is 0.0771. The Hall–Kier alpha value is -3.74.